The lowest BCUT2D eigenvalue weighted by Crippen LogP contribution is -2.30. The number of hydrogen-bond acceptors (Lipinski definition) is 4. The molecule has 2 aromatic rings. The van der Waals surface area contributed by atoms with Crippen LogP contribution in [0.25, 0.3) is 0 Å². The van der Waals surface area contributed by atoms with Gasteiger partial charge in [0.2, 0.25) is 0 Å². The van der Waals surface area contributed by atoms with Gasteiger partial charge in [0.15, 0.2) is 6.61 Å². The lowest BCUT2D eigenvalue weighted by molar-refractivity contribution is -0.124. The molecule has 0 aliphatic carbocycles. The Kier molecular flexibility index (Phi) is 7.43. The molecule has 0 aliphatic rings. The Morgan fingerprint density at radius 1 is 1.08 bits per heavy atom. The molecule has 0 saturated heterocycles. The zero-order chi connectivity index (χ0) is 17.4. The SMILES string of the molecule is O=C(COC(=O)c1cc(Cl)ccc1Cl)NCCSc1ccccc1. The van der Waals surface area contributed by atoms with Crippen LogP contribution in [0.1, 0.15) is 10.4 Å². The molecule has 0 aliphatic heterocycles. The van der Waals surface area contributed by atoms with Gasteiger partial charge in [-0.25, -0.2) is 4.79 Å². The molecule has 4 nitrogen and oxygen atoms in total. The van der Waals surface area contributed by atoms with E-state index in [1.165, 1.54) is 12.1 Å². The van der Waals surface area contributed by atoms with Crippen LogP contribution in [-0.4, -0.2) is 30.8 Å². The van der Waals surface area contributed by atoms with Gasteiger partial charge in [-0.3, -0.25) is 4.79 Å². The van der Waals surface area contributed by atoms with Crippen molar-refractivity contribution in [3.05, 3.63) is 64.1 Å². The van der Waals surface area contributed by atoms with E-state index < -0.39 is 5.97 Å². The molecule has 24 heavy (non-hydrogen) atoms. The van der Waals surface area contributed by atoms with Gasteiger partial charge in [0.05, 0.1) is 10.6 Å². The topological polar surface area (TPSA) is 55.4 Å². The maximum atomic E-state index is 11.9. The minimum Gasteiger partial charge on any atom is -0.452 e. The van der Waals surface area contributed by atoms with E-state index in [2.05, 4.69) is 5.32 Å². The van der Waals surface area contributed by atoms with Crippen LogP contribution in [0.5, 0.6) is 0 Å². The number of thioether (sulfide) groups is 1. The predicted octanol–water partition coefficient (Wildman–Crippen LogP) is 4.06. The molecule has 0 bridgehead atoms. The van der Waals surface area contributed by atoms with Crippen molar-refractivity contribution in [1.82, 2.24) is 5.32 Å². The quantitative estimate of drug-likeness (QED) is 0.444. The molecule has 2 aromatic carbocycles. The summed E-state index contributed by atoms with van der Waals surface area (Å²) in [5.74, 6) is -0.324. The Labute approximate surface area is 154 Å². The van der Waals surface area contributed by atoms with Crippen LogP contribution in [0, 0.1) is 0 Å². The number of nitrogens with one attached hydrogen (secondary N) is 1. The van der Waals surface area contributed by atoms with Crippen LogP contribution < -0.4 is 5.32 Å². The minimum absolute atomic E-state index is 0.136. The summed E-state index contributed by atoms with van der Waals surface area (Å²) in [6.45, 7) is 0.117. The number of ether oxygens (including phenoxy) is 1. The molecule has 0 atom stereocenters. The molecule has 126 valence electrons. The van der Waals surface area contributed by atoms with E-state index in [9.17, 15) is 9.59 Å². The number of carbonyl (C=O) groups is 2. The van der Waals surface area contributed by atoms with Gasteiger partial charge in [0.25, 0.3) is 5.91 Å². The highest BCUT2D eigenvalue weighted by Crippen LogP contribution is 2.21. The van der Waals surface area contributed by atoms with Gasteiger partial charge in [-0.15, -0.1) is 11.8 Å². The smallest absolute Gasteiger partial charge is 0.340 e. The Morgan fingerprint density at radius 2 is 1.83 bits per heavy atom. The predicted molar refractivity (Wildman–Crippen MR) is 96.9 cm³/mol. The number of carbonyl (C=O) groups excluding carboxylic acids is 2. The summed E-state index contributed by atoms with van der Waals surface area (Å²) in [4.78, 5) is 24.7. The average Bonchev–Trinajstić information content (AvgIpc) is 2.59. The highest BCUT2D eigenvalue weighted by atomic mass is 35.5. The second-order valence-corrected chi connectivity index (χ2v) is 6.72. The lowest BCUT2D eigenvalue weighted by atomic mass is 10.2. The van der Waals surface area contributed by atoms with Crippen LogP contribution in [0.2, 0.25) is 10.0 Å². The molecule has 0 radical (unpaired) electrons. The van der Waals surface area contributed by atoms with E-state index >= 15 is 0 Å². The summed E-state index contributed by atoms with van der Waals surface area (Å²) >= 11 is 13.3. The molecular weight excluding hydrogens is 369 g/mol. The monoisotopic (exact) mass is 383 g/mol. The van der Waals surface area contributed by atoms with Gasteiger partial charge >= 0.3 is 5.97 Å². The van der Waals surface area contributed by atoms with Crippen LogP contribution in [0.4, 0.5) is 0 Å². The fraction of sp³-hybridized carbons (Fsp3) is 0.176. The fourth-order valence-electron chi connectivity index (χ4n) is 1.79. The van der Waals surface area contributed by atoms with Crippen LogP contribution in [0.3, 0.4) is 0 Å². The Bertz CT molecular complexity index is 710. The van der Waals surface area contributed by atoms with Crippen LogP contribution in [0.15, 0.2) is 53.4 Å². The number of rotatable bonds is 7. The molecule has 7 heteroatoms. The van der Waals surface area contributed by atoms with E-state index in [0.717, 1.165) is 10.6 Å². The first kappa shape index (κ1) is 18.6. The summed E-state index contributed by atoms with van der Waals surface area (Å²) in [7, 11) is 0. The third-order valence-electron chi connectivity index (χ3n) is 2.92. The van der Waals surface area contributed by atoms with Crippen LogP contribution in [-0.2, 0) is 9.53 Å². The minimum atomic E-state index is -0.684. The number of benzene rings is 2. The second kappa shape index (κ2) is 9.57. The standard InChI is InChI=1S/C17H15Cl2NO3S/c18-12-6-7-15(19)14(10-12)17(22)23-11-16(21)20-8-9-24-13-4-2-1-3-5-13/h1-7,10H,8-9,11H2,(H,20,21). The molecular formula is C17H15Cl2NO3S. The van der Waals surface area contributed by atoms with E-state index in [1.54, 1.807) is 17.8 Å². The Hall–Kier alpha value is -1.69. The van der Waals surface area contributed by atoms with E-state index in [-0.39, 0.29) is 23.1 Å². The van der Waals surface area contributed by atoms with Crippen molar-refractivity contribution in [2.24, 2.45) is 0 Å². The van der Waals surface area contributed by atoms with E-state index in [4.69, 9.17) is 27.9 Å². The number of esters is 1. The molecule has 1 N–H and O–H groups in total. The lowest BCUT2D eigenvalue weighted by Gasteiger charge is -2.08. The molecule has 0 spiro atoms. The van der Waals surface area contributed by atoms with Gasteiger partial charge in [-0.1, -0.05) is 41.4 Å². The van der Waals surface area contributed by atoms with Gasteiger partial charge in [-0.2, -0.15) is 0 Å². The molecule has 2 rings (SSSR count). The van der Waals surface area contributed by atoms with Gasteiger partial charge < -0.3 is 10.1 Å². The summed E-state index contributed by atoms with van der Waals surface area (Å²) in [6, 6.07) is 14.3. The van der Waals surface area contributed by atoms with Crippen LogP contribution >= 0.6 is 35.0 Å². The molecule has 0 heterocycles. The van der Waals surface area contributed by atoms with Crippen molar-refractivity contribution in [3.63, 3.8) is 0 Å². The van der Waals surface area contributed by atoms with Crippen molar-refractivity contribution < 1.29 is 14.3 Å². The normalized spacial score (nSPS) is 10.2. The fourth-order valence-corrected chi connectivity index (χ4v) is 2.95. The van der Waals surface area contributed by atoms with Crippen molar-refractivity contribution >= 4 is 46.8 Å². The number of hydrogen-bond donors (Lipinski definition) is 1. The maximum Gasteiger partial charge on any atom is 0.340 e. The molecule has 0 aromatic heterocycles. The molecule has 0 unspecified atom stereocenters. The van der Waals surface area contributed by atoms with Crippen molar-refractivity contribution in [1.29, 1.82) is 0 Å². The van der Waals surface area contributed by atoms with E-state index in [1.807, 2.05) is 30.3 Å². The van der Waals surface area contributed by atoms with Gasteiger partial charge in [-0.05, 0) is 30.3 Å². The first-order valence-electron chi connectivity index (χ1n) is 7.13. The second-order valence-electron chi connectivity index (χ2n) is 4.71. The first-order chi connectivity index (χ1) is 11.6. The van der Waals surface area contributed by atoms with Crippen molar-refractivity contribution in [2.45, 2.75) is 4.90 Å². The zero-order valence-electron chi connectivity index (χ0n) is 12.6. The summed E-state index contributed by atoms with van der Waals surface area (Å²) < 4.78 is 4.94. The highest BCUT2D eigenvalue weighted by Gasteiger charge is 2.14. The first-order valence-corrected chi connectivity index (χ1v) is 8.87. The largest absolute Gasteiger partial charge is 0.452 e. The summed E-state index contributed by atoms with van der Waals surface area (Å²) in [5.41, 5.74) is 0.136. The third kappa shape index (κ3) is 6.07. The summed E-state index contributed by atoms with van der Waals surface area (Å²) in [5, 5.41) is 3.28. The van der Waals surface area contributed by atoms with Crippen molar-refractivity contribution in [2.75, 3.05) is 18.9 Å². The van der Waals surface area contributed by atoms with Crippen molar-refractivity contribution in [3.8, 4) is 0 Å². The molecule has 0 saturated carbocycles. The summed E-state index contributed by atoms with van der Waals surface area (Å²) in [6.07, 6.45) is 0. The average molecular weight is 384 g/mol. The molecule has 1 amide bonds. The number of halogens is 2. The highest BCUT2D eigenvalue weighted by molar-refractivity contribution is 7.99. The maximum absolute atomic E-state index is 11.9. The van der Waals surface area contributed by atoms with Gasteiger partial charge in [0.1, 0.15) is 0 Å². The Morgan fingerprint density at radius 3 is 2.58 bits per heavy atom. The third-order valence-corrected chi connectivity index (χ3v) is 4.50. The molecule has 0 fully saturated rings. The number of amides is 1. The Balaban J connectivity index is 1.69. The van der Waals surface area contributed by atoms with Gasteiger partial charge in [0, 0.05) is 22.2 Å². The van der Waals surface area contributed by atoms with E-state index in [0.29, 0.717) is 11.6 Å². The zero-order valence-corrected chi connectivity index (χ0v) is 15.0.